The molecule has 1 aromatic carbocycles. The van der Waals surface area contributed by atoms with Crippen LogP contribution in [0.4, 0.5) is 4.79 Å². The monoisotopic (exact) mass is 249 g/mol. The first-order chi connectivity index (χ1) is 8.16. The smallest absolute Gasteiger partial charge is 0.322 e. The second-order valence-corrected chi connectivity index (χ2v) is 4.21. The van der Waals surface area contributed by atoms with Crippen molar-refractivity contribution in [3.63, 3.8) is 0 Å². The summed E-state index contributed by atoms with van der Waals surface area (Å²) in [7, 11) is 0. The Balaban J connectivity index is 2.16. The van der Waals surface area contributed by atoms with Crippen molar-refractivity contribution in [3.05, 3.63) is 35.0 Å². The maximum Gasteiger partial charge on any atom is 0.322 e. The second-order valence-electron chi connectivity index (χ2n) is 3.80. The molecule has 5 nitrogen and oxygen atoms in total. The molecule has 1 aliphatic heterocycles. The van der Waals surface area contributed by atoms with Crippen LogP contribution >= 0.6 is 11.6 Å². The van der Waals surface area contributed by atoms with Crippen LogP contribution in [0, 0.1) is 0 Å². The fraction of sp³-hybridized carbons (Fsp3) is 0.0909. The Kier molecular flexibility index (Phi) is 2.09. The van der Waals surface area contributed by atoms with Crippen LogP contribution in [0.2, 0.25) is 5.02 Å². The Hall–Kier alpha value is -2.01. The van der Waals surface area contributed by atoms with Gasteiger partial charge in [-0.3, -0.25) is 10.1 Å². The third-order valence-electron chi connectivity index (χ3n) is 2.78. The number of hydrogen-bond donors (Lipinski definition) is 3. The zero-order valence-electron chi connectivity index (χ0n) is 8.58. The minimum Gasteiger partial charge on any atom is -0.360 e. The van der Waals surface area contributed by atoms with Crippen molar-refractivity contribution in [2.75, 3.05) is 0 Å². The van der Waals surface area contributed by atoms with E-state index in [0.29, 0.717) is 10.6 Å². The average Bonchev–Trinajstić information content (AvgIpc) is 2.83. The number of H-pyrrole nitrogens is 1. The Morgan fingerprint density at radius 2 is 2.06 bits per heavy atom. The van der Waals surface area contributed by atoms with E-state index in [9.17, 15) is 9.59 Å². The van der Waals surface area contributed by atoms with E-state index in [1.807, 2.05) is 6.07 Å². The molecule has 0 spiro atoms. The van der Waals surface area contributed by atoms with Crippen molar-refractivity contribution < 1.29 is 9.59 Å². The normalized spacial score (nSPS) is 19.5. The Morgan fingerprint density at radius 1 is 1.24 bits per heavy atom. The first-order valence-electron chi connectivity index (χ1n) is 5.03. The molecular formula is C11H8ClN3O2. The largest absolute Gasteiger partial charge is 0.360 e. The average molecular weight is 250 g/mol. The fourth-order valence-corrected chi connectivity index (χ4v) is 2.24. The van der Waals surface area contributed by atoms with E-state index in [1.54, 1.807) is 18.3 Å². The highest BCUT2D eigenvalue weighted by Crippen LogP contribution is 2.29. The number of fused-ring (bicyclic) bond motifs is 1. The molecule has 3 amide bonds. The van der Waals surface area contributed by atoms with Crippen LogP contribution in [0.3, 0.4) is 0 Å². The highest BCUT2D eigenvalue weighted by Gasteiger charge is 2.32. The maximum absolute atomic E-state index is 11.6. The SMILES string of the molecule is O=C1NC(=O)[C@H](c2c[nH]c3c(Cl)cccc23)N1. The molecular weight excluding hydrogens is 242 g/mol. The quantitative estimate of drug-likeness (QED) is 0.673. The predicted molar refractivity (Wildman–Crippen MR) is 62.7 cm³/mol. The van der Waals surface area contributed by atoms with E-state index in [0.717, 1.165) is 10.9 Å². The van der Waals surface area contributed by atoms with Crippen molar-refractivity contribution in [3.8, 4) is 0 Å². The Labute approximate surface area is 101 Å². The van der Waals surface area contributed by atoms with Gasteiger partial charge in [-0.25, -0.2) is 4.79 Å². The number of urea groups is 1. The maximum atomic E-state index is 11.6. The van der Waals surface area contributed by atoms with Crippen LogP contribution in [0.1, 0.15) is 11.6 Å². The summed E-state index contributed by atoms with van der Waals surface area (Å²) in [5.74, 6) is -0.351. The Bertz CT molecular complexity index is 635. The van der Waals surface area contributed by atoms with Crippen LogP contribution in [0.5, 0.6) is 0 Å². The molecule has 0 saturated carbocycles. The molecule has 3 N–H and O–H groups in total. The number of amides is 3. The van der Waals surface area contributed by atoms with Gasteiger partial charge in [-0.2, -0.15) is 0 Å². The summed E-state index contributed by atoms with van der Waals surface area (Å²) in [6.45, 7) is 0. The summed E-state index contributed by atoms with van der Waals surface area (Å²) in [5.41, 5.74) is 1.48. The van der Waals surface area contributed by atoms with Gasteiger partial charge < -0.3 is 10.3 Å². The number of rotatable bonds is 1. The van der Waals surface area contributed by atoms with Crippen molar-refractivity contribution in [1.82, 2.24) is 15.6 Å². The summed E-state index contributed by atoms with van der Waals surface area (Å²) in [6, 6.07) is 4.28. The molecule has 0 bridgehead atoms. The predicted octanol–water partition coefficient (Wildman–Crippen LogP) is 1.70. The molecule has 6 heteroatoms. The summed E-state index contributed by atoms with van der Waals surface area (Å²) in [6.07, 6.45) is 1.69. The van der Waals surface area contributed by atoms with E-state index in [4.69, 9.17) is 11.6 Å². The molecule has 2 aromatic rings. The number of para-hydroxylation sites is 1. The summed E-state index contributed by atoms with van der Waals surface area (Å²) in [4.78, 5) is 25.7. The third-order valence-corrected chi connectivity index (χ3v) is 3.10. The van der Waals surface area contributed by atoms with Crippen LogP contribution in [0.15, 0.2) is 24.4 Å². The summed E-state index contributed by atoms with van der Waals surface area (Å²) < 4.78 is 0. The van der Waals surface area contributed by atoms with E-state index in [-0.39, 0.29) is 5.91 Å². The van der Waals surface area contributed by atoms with Crippen molar-refractivity contribution in [2.45, 2.75) is 6.04 Å². The van der Waals surface area contributed by atoms with Crippen molar-refractivity contribution in [2.24, 2.45) is 0 Å². The van der Waals surface area contributed by atoms with Gasteiger partial charge in [-0.1, -0.05) is 23.7 Å². The lowest BCUT2D eigenvalue weighted by molar-refractivity contribution is -0.120. The van der Waals surface area contributed by atoms with E-state index in [1.165, 1.54) is 0 Å². The lowest BCUT2D eigenvalue weighted by atomic mass is 10.1. The fourth-order valence-electron chi connectivity index (χ4n) is 2.01. The van der Waals surface area contributed by atoms with Crippen LogP contribution in [0.25, 0.3) is 10.9 Å². The lowest BCUT2D eigenvalue weighted by Crippen LogP contribution is -2.22. The van der Waals surface area contributed by atoms with Gasteiger partial charge in [0.1, 0.15) is 6.04 Å². The number of aromatic nitrogens is 1. The lowest BCUT2D eigenvalue weighted by Gasteiger charge is -2.05. The van der Waals surface area contributed by atoms with Crippen LogP contribution in [-0.4, -0.2) is 16.9 Å². The molecule has 17 heavy (non-hydrogen) atoms. The molecule has 1 aliphatic rings. The van der Waals surface area contributed by atoms with Gasteiger partial charge in [-0.05, 0) is 6.07 Å². The molecule has 1 atom stereocenters. The molecule has 0 radical (unpaired) electrons. The van der Waals surface area contributed by atoms with Gasteiger partial charge in [0.15, 0.2) is 0 Å². The first-order valence-corrected chi connectivity index (χ1v) is 5.41. The van der Waals surface area contributed by atoms with Gasteiger partial charge in [0.2, 0.25) is 0 Å². The first kappa shape index (κ1) is 10.2. The zero-order valence-corrected chi connectivity index (χ0v) is 9.34. The second kappa shape index (κ2) is 3.49. The molecule has 3 rings (SSSR count). The topological polar surface area (TPSA) is 74.0 Å². The zero-order chi connectivity index (χ0) is 12.0. The molecule has 1 aromatic heterocycles. The number of carbonyl (C=O) groups is 2. The number of carbonyl (C=O) groups excluding carboxylic acids is 2. The highest BCUT2D eigenvalue weighted by molar-refractivity contribution is 6.35. The minimum absolute atomic E-state index is 0.351. The molecule has 0 unspecified atom stereocenters. The van der Waals surface area contributed by atoms with Crippen LogP contribution in [-0.2, 0) is 4.79 Å². The third kappa shape index (κ3) is 1.47. The van der Waals surface area contributed by atoms with Crippen molar-refractivity contribution >= 4 is 34.4 Å². The number of halogens is 1. The van der Waals surface area contributed by atoms with Gasteiger partial charge in [0, 0.05) is 17.1 Å². The number of benzene rings is 1. The number of aromatic amines is 1. The van der Waals surface area contributed by atoms with E-state index >= 15 is 0 Å². The van der Waals surface area contributed by atoms with Gasteiger partial charge in [-0.15, -0.1) is 0 Å². The standard InChI is InChI=1S/C11H8ClN3O2/c12-7-3-1-2-5-6(4-13-8(5)7)9-10(16)15-11(17)14-9/h1-4,9,13H,(H2,14,15,16,17)/t9-/m0/s1. The Morgan fingerprint density at radius 3 is 2.76 bits per heavy atom. The van der Waals surface area contributed by atoms with Gasteiger partial charge in [0.05, 0.1) is 10.5 Å². The van der Waals surface area contributed by atoms with Gasteiger partial charge >= 0.3 is 6.03 Å². The number of imide groups is 1. The molecule has 86 valence electrons. The number of nitrogens with one attached hydrogen (secondary N) is 3. The van der Waals surface area contributed by atoms with E-state index in [2.05, 4.69) is 15.6 Å². The van der Waals surface area contributed by atoms with Crippen LogP contribution < -0.4 is 10.6 Å². The summed E-state index contributed by atoms with van der Waals surface area (Å²) in [5, 5.41) is 6.17. The minimum atomic E-state index is -0.658. The molecule has 1 saturated heterocycles. The molecule has 2 heterocycles. The summed E-state index contributed by atoms with van der Waals surface area (Å²) >= 11 is 6.02. The van der Waals surface area contributed by atoms with Gasteiger partial charge in [0.25, 0.3) is 5.91 Å². The molecule has 1 fully saturated rings. The molecule has 0 aliphatic carbocycles. The highest BCUT2D eigenvalue weighted by atomic mass is 35.5. The van der Waals surface area contributed by atoms with E-state index < -0.39 is 12.1 Å². The number of hydrogen-bond acceptors (Lipinski definition) is 2. The van der Waals surface area contributed by atoms with Crippen molar-refractivity contribution in [1.29, 1.82) is 0 Å².